The zero-order valence-electron chi connectivity index (χ0n) is 12.1. The minimum Gasteiger partial charge on any atom is -0.487 e. The van der Waals surface area contributed by atoms with E-state index in [0.29, 0.717) is 13.2 Å². The Morgan fingerprint density at radius 2 is 2.19 bits per heavy atom. The molecule has 0 saturated heterocycles. The third-order valence-corrected chi connectivity index (χ3v) is 3.63. The van der Waals surface area contributed by atoms with Gasteiger partial charge in [-0.05, 0) is 30.7 Å². The van der Waals surface area contributed by atoms with E-state index in [1.165, 1.54) is 16.5 Å². The van der Waals surface area contributed by atoms with Crippen LogP contribution in [0.15, 0.2) is 48.9 Å². The van der Waals surface area contributed by atoms with Crippen molar-refractivity contribution in [2.45, 2.75) is 26.6 Å². The molecule has 3 rings (SSSR count). The second-order valence-corrected chi connectivity index (χ2v) is 4.97. The van der Waals surface area contributed by atoms with E-state index in [4.69, 9.17) is 10.5 Å². The molecule has 0 aliphatic heterocycles. The monoisotopic (exact) mass is 281 g/mol. The zero-order chi connectivity index (χ0) is 14.7. The Morgan fingerprint density at radius 1 is 1.29 bits per heavy atom. The van der Waals surface area contributed by atoms with Crippen molar-refractivity contribution < 1.29 is 4.74 Å². The van der Waals surface area contributed by atoms with Crippen molar-refractivity contribution in [1.29, 1.82) is 0 Å². The van der Waals surface area contributed by atoms with Gasteiger partial charge in [0.2, 0.25) is 0 Å². The van der Waals surface area contributed by atoms with Gasteiger partial charge in [0.25, 0.3) is 0 Å². The molecule has 2 aromatic heterocycles. The van der Waals surface area contributed by atoms with E-state index in [1.54, 1.807) is 12.4 Å². The van der Waals surface area contributed by atoms with E-state index in [0.717, 1.165) is 17.9 Å². The van der Waals surface area contributed by atoms with Gasteiger partial charge < -0.3 is 15.0 Å². The lowest BCUT2D eigenvalue weighted by atomic mass is 10.1. The van der Waals surface area contributed by atoms with Gasteiger partial charge in [-0.25, -0.2) is 0 Å². The predicted octanol–water partition coefficient (Wildman–Crippen LogP) is 3.09. The van der Waals surface area contributed by atoms with Crippen LogP contribution in [0.4, 0.5) is 0 Å². The molecule has 0 radical (unpaired) electrons. The van der Waals surface area contributed by atoms with Crippen molar-refractivity contribution in [3.63, 3.8) is 0 Å². The fraction of sp³-hybridized carbons (Fsp3) is 0.235. The highest BCUT2D eigenvalue weighted by molar-refractivity contribution is 5.84. The Kier molecular flexibility index (Phi) is 3.88. The van der Waals surface area contributed by atoms with Gasteiger partial charge >= 0.3 is 0 Å². The van der Waals surface area contributed by atoms with E-state index in [9.17, 15) is 0 Å². The topological polar surface area (TPSA) is 53.1 Å². The van der Waals surface area contributed by atoms with Crippen molar-refractivity contribution in [1.82, 2.24) is 9.55 Å². The van der Waals surface area contributed by atoms with E-state index >= 15 is 0 Å². The number of aryl methyl sites for hydroxylation is 1. The lowest BCUT2D eigenvalue weighted by molar-refractivity contribution is 0.306. The largest absolute Gasteiger partial charge is 0.487 e. The summed E-state index contributed by atoms with van der Waals surface area (Å²) < 4.78 is 8.05. The van der Waals surface area contributed by atoms with Crippen LogP contribution in [0.5, 0.6) is 5.75 Å². The first-order chi connectivity index (χ1) is 10.3. The number of fused-ring (bicyclic) bond motifs is 1. The van der Waals surface area contributed by atoms with E-state index in [1.807, 2.05) is 12.1 Å². The summed E-state index contributed by atoms with van der Waals surface area (Å²) in [5.74, 6) is 0.786. The SMILES string of the molecule is CCn1cc(COc2cccnc2)c2ccc(CN)cc21. The van der Waals surface area contributed by atoms with Gasteiger partial charge in [0.1, 0.15) is 12.4 Å². The van der Waals surface area contributed by atoms with E-state index < -0.39 is 0 Å². The molecule has 0 bridgehead atoms. The molecule has 1 aromatic carbocycles. The van der Waals surface area contributed by atoms with Crippen molar-refractivity contribution >= 4 is 10.9 Å². The summed E-state index contributed by atoms with van der Waals surface area (Å²) in [6, 6.07) is 10.2. The van der Waals surface area contributed by atoms with E-state index in [2.05, 4.69) is 40.9 Å². The molecule has 108 valence electrons. The van der Waals surface area contributed by atoms with Crippen LogP contribution in [-0.2, 0) is 19.7 Å². The Labute approximate surface area is 124 Å². The Morgan fingerprint density at radius 3 is 2.90 bits per heavy atom. The van der Waals surface area contributed by atoms with Crippen LogP contribution in [-0.4, -0.2) is 9.55 Å². The molecule has 0 spiro atoms. The second kappa shape index (κ2) is 5.97. The van der Waals surface area contributed by atoms with Gasteiger partial charge in [-0.1, -0.05) is 12.1 Å². The molecule has 3 aromatic rings. The number of nitrogens with zero attached hydrogens (tertiary/aromatic N) is 2. The van der Waals surface area contributed by atoms with Gasteiger partial charge in [-0.2, -0.15) is 0 Å². The number of hydrogen-bond acceptors (Lipinski definition) is 3. The smallest absolute Gasteiger partial charge is 0.138 e. The number of rotatable bonds is 5. The minimum absolute atomic E-state index is 0.539. The fourth-order valence-corrected chi connectivity index (χ4v) is 2.51. The van der Waals surface area contributed by atoms with Crippen LogP contribution in [0.3, 0.4) is 0 Å². The Bertz CT molecular complexity index is 734. The molecular formula is C17H19N3O. The molecule has 2 N–H and O–H groups in total. The molecule has 0 atom stereocenters. The first-order valence-electron chi connectivity index (χ1n) is 7.15. The number of hydrogen-bond donors (Lipinski definition) is 1. The molecule has 0 unspecified atom stereocenters. The van der Waals surface area contributed by atoms with Gasteiger partial charge in [0.15, 0.2) is 0 Å². The van der Waals surface area contributed by atoms with Crippen molar-refractivity contribution in [2.75, 3.05) is 0 Å². The third kappa shape index (κ3) is 2.76. The molecule has 2 heterocycles. The van der Waals surface area contributed by atoms with Crippen LogP contribution < -0.4 is 10.5 Å². The summed E-state index contributed by atoms with van der Waals surface area (Å²) in [6.07, 6.45) is 5.62. The molecule has 4 heteroatoms. The molecule has 0 fully saturated rings. The van der Waals surface area contributed by atoms with Crippen LogP contribution in [0.25, 0.3) is 10.9 Å². The van der Waals surface area contributed by atoms with Crippen LogP contribution in [0.1, 0.15) is 18.1 Å². The third-order valence-electron chi connectivity index (χ3n) is 3.63. The van der Waals surface area contributed by atoms with E-state index in [-0.39, 0.29) is 0 Å². The van der Waals surface area contributed by atoms with Crippen molar-refractivity contribution in [3.8, 4) is 5.75 Å². The highest BCUT2D eigenvalue weighted by Gasteiger charge is 2.09. The van der Waals surface area contributed by atoms with Crippen LogP contribution in [0.2, 0.25) is 0 Å². The standard InChI is InChI=1S/C17H19N3O/c1-2-20-11-14(12-21-15-4-3-7-19-10-15)16-6-5-13(9-18)8-17(16)20/h3-8,10-11H,2,9,12,18H2,1H3. The lowest BCUT2D eigenvalue weighted by Crippen LogP contribution is -1.97. The van der Waals surface area contributed by atoms with Crippen molar-refractivity contribution in [2.24, 2.45) is 5.73 Å². The molecule has 0 amide bonds. The fourth-order valence-electron chi connectivity index (χ4n) is 2.51. The summed E-state index contributed by atoms with van der Waals surface area (Å²) in [7, 11) is 0. The number of nitrogens with two attached hydrogens (primary N) is 1. The number of aromatic nitrogens is 2. The molecule has 0 aliphatic rings. The average Bonchev–Trinajstić information content (AvgIpc) is 2.91. The minimum atomic E-state index is 0.539. The van der Waals surface area contributed by atoms with Gasteiger partial charge in [-0.15, -0.1) is 0 Å². The Balaban J connectivity index is 1.91. The highest BCUT2D eigenvalue weighted by Crippen LogP contribution is 2.24. The molecule has 21 heavy (non-hydrogen) atoms. The van der Waals surface area contributed by atoms with Crippen molar-refractivity contribution in [3.05, 3.63) is 60.0 Å². The van der Waals surface area contributed by atoms with Crippen LogP contribution >= 0.6 is 0 Å². The summed E-state index contributed by atoms with van der Waals surface area (Å²) in [6.45, 7) is 4.17. The Hall–Kier alpha value is -2.33. The maximum atomic E-state index is 5.81. The average molecular weight is 281 g/mol. The highest BCUT2D eigenvalue weighted by atomic mass is 16.5. The lowest BCUT2D eigenvalue weighted by Gasteiger charge is -2.04. The van der Waals surface area contributed by atoms with Gasteiger partial charge in [0.05, 0.1) is 6.20 Å². The maximum Gasteiger partial charge on any atom is 0.138 e. The summed E-state index contributed by atoms with van der Waals surface area (Å²) >= 11 is 0. The zero-order valence-corrected chi connectivity index (χ0v) is 12.1. The second-order valence-electron chi connectivity index (χ2n) is 4.97. The first kappa shape index (κ1) is 13.6. The summed E-state index contributed by atoms with van der Waals surface area (Å²) in [5, 5.41) is 1.22. The van der Waals surface area contributed by atoms with Crippen LogP contribution in [0, 0.1) is 0 Å². The normalized spacial score (nSPS) is 11.0. The summed E-state index contributed by atoms with van der Waals surface area (Å²) in [4.78, 5) is 4.06. The maximum absolute atomic E-state index is 5.81. The number of ether oxygens (including phenoxy) is 1. The molecular weight excluding hydrogens is 262 g/mol. The predicted molar refractivity (Wildman–Crippen MR) is 84.1 cm³/mol. The number of pyridine rings is 1. The molecule has 0 aliphatic carbocycles. The molecule has 0 saturated carbocycles. The number of benzene rings is 1. The van der Waals surface area contributed by atoms with Gasteiger partial charge in [0, 0.05) is 41.9 Å². The molecule has 4 nitrogen and oxygen atoms in total. The summed E-state index contributed by atoms with van der Waals surface area (Å²) in [5.41, 5.74) is 9.27. The first-order valence-corrected chi connectivity index (χ1v) is 7.15. The van der Waals surface area contributed by atoms with Gasteiger partial charge in [-0.3, -0.25) is 4.98 Å². The quantitative estimate of drug-likeness (QED) is 0.782.